The Kier molecular flexibility index (Phi) is 4.62. The fourth-order valence-corrected chi connectivity index (χ4v) is 1.38. The first-order valence-electron chi connectivity index (χ1n) is 4.56. The van der Waals surface area contributed by atoms with Crippen LogP contribution < -0.4 is 4.74 Å². The second-order valence-corrected chi connectivity index (χ2v) is 3.27. The van der Waals surface area contributed by atoms with Crippen molar-refractivity contribution in [2.75, 3.05) is 6.61 Å². The number of rotatable bonds is 4. The van der Waals surface area contributed by atoms with Gasteiger partial charge in [0.2, 0.25) is 0 Å². The van der Waals surface area contributed by atoms with Gasteiger partial charge in [-0.15, -0.1) is 0 Å². The van der Waals surface area contributed by atoms with Crippen molar-refractivity contribution < 1.29 is 27.4 Å². The lowest BCUT2D eigenvalue weighted by atomic mass is 10.2. The highest BCUT2D eigenvalue weighted by atomic mass is 35.5. The van der Waals surface area contributed by atoms with E-state index in [1.807, 2.05) is 0 Å². The predicted octanol–water partition coefficient (Wildman–Crippen LogP) is 3.26. The van der Waals surface area contributed by atoms with E-state index in [-0.39, 0.29) is 6.61 Å². The first kappa shape index (κ1) is 13.6. The van der Waals surface area contributed by atoms with Crippen LogP contribution in [0.3, 0.4) is 0 Å². The van der Waals surface area contributed by atoms with Crippen LogP contribution in [0.2, 0.25) is 5.02 Å². The summed E-state index contributed by atoms with van der Waals surface area (Å²) in [6.45, 7) is -1.64. The van der Waals surface area contributed by atoms with Crippen LogP contribution in [0.4, 0.5) is 13.2 Å². The molecule has 3 nitrogen and oxygen atoms in total. The molecule has 0 amide bonds. The Labute approximate surface area is 100 Å². The van der Waals surface area contributed by atoms with E-state index in [0.717, 1.165) is 12.1 Å². The molecule has 0 saturated carbocycles. The number of alkyl halides is 2. The van der Waals surface area contributed by atoms with E-state index in [0.29, 0.717) is 0 Å². The summed E-state index contributed by atoms with van der Waals surface area (Å²) in [7, 11) is 0. The smallest absolute Gasteiger partial charge is 0.387 e. The van der Waals surface area contributed by atoms with Gasteiger partial charge < -0.3 is 9.47 Å². The number of halogens is 4. The van der Waals surface area contributed by atoms with Crippen molar-refractivity contribution in [2.45, 2.75) is 13.5 Å². The third kappa shape index (κ3) is 3.52. The Hall–Kier alpha value is -1.43. The quantitative estimate of drug-likeness (QED) is 0.786. The van der Waals surface area contributed by atoms with Crippen LogP contribution in [0.1, 0.15) is 17.3 Å². The summed E-state index contributed by atoms with van der Waals surface area (Å²) in [6.07, 6.45) is 0. The molecule has 17 heavy (non-hydrogen) atoms. The molecule has 7 heteroatoms. The molecule has 0 saturated heterocycles. The molecule has 0 N–H and O–H groups in total. The Balaban J connectivity index is 3.19. The lowest BCUT2D eigenvalue weighted by molar-refractivity contribution is -0.0504. The van der Waals surface area contributed by atoms with Crippen molar-refractivity contribution in [2.24, 2.45) is 0 Å². The van der Waals surface area contributed by atoms with Gasteiger partial charge >= 0.3 is 12.6 Å². The van der Waals surface area contributed by atoms with Crippen LogP contribution in [-0.2, 0) is 4.74 Å². The van der Waals surface area contributed by atoms with Gasteiger partial charge in [0.05, 0.1) is 11.6 Å². The molecule has 0 aliphatic rings. The summed E-state index contributed by atoms with van der Waals surface area (Å²) in [6, 6.07) is 1.49. The molecule has 1 rings (SSSR count). The highest BCUT2D eigenvalue weighted by molar-refractivity contribution is 6.32. The fraction of sp³-hybridized carbons (Fsp3) is 0.300. The summed E-state index contributed by atoms with van der Waals surface area (Å²) in [4.78, 5) is 11.4. The maximum Gasteiger partial charge on any atom is 0.387 e. The van der Waals surface area contributed by atoms with E-state index < -0.39 is 34.7 Å². The minimum absolute atomic E-state index is 0.0150. The van der Waals surface area contributed by atoms with Gasteiger partial charge in [-0.05, 0) is 19.1 Å². The number of hydrogen-bond donors (Lipinski definition) is 0. The van der Waals surface area contributed by atoms with Gasteiger partial charge in [0.15, 0.2) is 5.75 Å². The van der Waals surface area contributed by atoms with Crippen molar-refractivity contribution in [1.82, 2.24) is 0 Å². The Bertz CT molecular complexity index is 424. The van der Waals surface area contributed by atoms with Gasteiger partial charge in [-0.1, -0.05) is 11.6 Å². The fourth-order valence-electron chi connectivity index (χ4n) is 1.13. The van der Waals surface area contributed by atoms with Crippen molar-refractivity contribution >= 4 is 17.6 Å². The molecule has 0 unspecified atom stereocenters. The maximum absolute atomic E-state index is 13.0. The van der Waals surface area contributed by atoms with Crippen LogP contribution in [0.5, 0.6) is 5.75 Å². The first-order chi connectivity index (χ1) is 7.95. The molecule has 94 valence electrons. The van der Waals surface area contributed by atoms with E-state index in [4.69, 9.17) is 11.6 Å². The number of hydrogen-bond acceptors (Lipinski definition) is 3. The van der Waals surface area contributed by atoms with Crippen LogP contribution in [0.15, 0.2) is 12.1 Å². The van der Waals surface area contributed by atoms with E-state index in [1.54, 1.807) is 0 Å². The molecule has 0 aromatic heterocycles. The first-order valence-corrected chi connectivity index (χ1v) is 4.94. The molecule has 1 aromatic rings. The van der Waals surface area contributed by atoms with Gasteiger partial charge in [-0.3, -0.25) is 0 Å². The van der Waals surface area contributed by atoms with Gasteiger partial charge in [-0.25, -0.2) is 9.18 Å². The molecule has 1 aromatic carbocycles. The number of benzene rings is 1. The highest BCUT2D eigenvalue weighted by Gasteiger charge is 2.21. The molecule has 0 heterocycles. The molecule has 0 radical (unpaired) electrons. The Morgan fingerprint density at radius 3 is 2.65 bits per heavy atom. The van der Waals surface area contributed by atoms with Crippen LogP contribution in [0, 0.1) is 5.82 Å². The lowest BCUT2D eigenvalue weighted by Gasteiger charge is -2.11. The number of carbonyl (C=O) groups is 1. The number of ether oxygens (including phenoxy) is 2. The number of carbonyl (C=O) groups excluding carboxylic acids is 1. The predicted molar refractivity (Wildman–Crippen MR) is 54.0 cm³/mol. The molecule has 0 aliphatic heterocycles. The number of esters is 1. The van der Waals surface area contributed by atoms with Gasteiger partial charge in [0.25, 0.3) is 0 Å². The summed E-state index contributed by atoms with van der Waals surface area (Å²) in [5.74, 6) is -2.43. The van der Waals surface area contributed by atoms with E-state index >= 15 is 0 Å². The minimum Gasteiger partial charge on any atom is -0.462 e. The third-order valence-corrected chi connectivity index (χ3v) is 1.99. The second-order valence-electron chi connectivity index (χ2n) is 2.86. The van der Waals surface area contributed by atoms with Crippen LogP contribution in [0.25, 0.3) is 0 Å². The zero-order valence-corrected chi connectivity index (χ0v) is 9.43. The average Bonchev–Trinajstić information content (AvgIpc) is 2.21. The van der Waals surface area contributed by atoms with E-state index in [1.165, 1.54) is 6.92 Å². The van der Waals surface area contributed by atoms with Gasteiger partial charge in [-0.2, -0.15) is 8.78 Å². The molecule has 0 aliphatic carbocycles. The summed E-state index contributed by atoms with van der Waals surface area (Å²) in [5, 5.41) is -0.423. The third-order valence-electron chi connectivity index (χ3n) is 1.71. The average molecular weight is 269 g/mol. The van der Waals surface area contributed by atoms with Crippen molar-refractivity contribution in [3.63, 3.8) is 0 Å². The molecular weight excluding hydrogens is 261 g/mol. The van der Waals surface area contributed by atoms with Crippen molar-refractivity contribution in [1.29, 1.82) is 0 Å². The van der Waals surface area contributed by atoms with E-state index in [9.17, 15) is 18.0 Å². The monoisotopic (exact) mass is 268 g/mol. The van der Waals surface area contributed by atoms with E-state index in [2.05, 4.69) is 9.47 Å². The maximum atomic E-state index is 13.0. The van der Waals surface area contributed by atoms with Gasteiger partial charge in [0.1, 0.15) is 11.4 Å². The normalized spacial score (nSPS) is 10.5. The Morgan fingerprint density at radius 1 is 1.47 bits per heavy atom. The topological polar surface area (TPSA) is 35.5 Å². The van der Waals surface area contributed by atoms with Gasteiger partial charge in [0, 0.05) is 0 Å². The standard InChI is InChI=1S/C10H8ClF3O3/c1-2-16-9(15)6-3-5(12)4-7(11)8(6)17-10(13)14/h3-4,10H,2H2,1H3. The molecule has 0 fully saturated rings. The van der Waals surface area contributed by atoms with Crippen LogP contribution in [-0.4, -0.2) is 19.2 Å². The zero-order chi connectivity index (χ0) is 13.0. The molecule has 0 bridgehead atoms. The highest BCUT2D eigenvalue weighted by Crippen LogP contribution is 2.31. The lowest BCUT2D eigenvalue weighted by Crippen LogP contribution is -2.11. The van der Waals surface area contributed by atoms with Crippen LogP contribution >= 0.6 is 11.6 Å². The molecule has 0 atom stereocenters. The zero-order valence-electron chi connectivity index (χ0n) is 8.68. The molecular formula is C10H8ClF3O3. The van der Waals surface area contributed by atoms with Crippen molar-refractivity contribution in [3.8, 4) is 5.75 Å². The Morgan fingerprint density at radius 2 is 2.12 bits per heavy atom. The second kappa shape index (κ2) is 5.77. The summed E-state index contributed by atoms with van der Waals surface area (Å²) >= 11 is 5.52. The minimum atomic E-state index is -3.17. The SMILES string of the molecule is CCOC(=O)c1cc(F)cc(Cl)c1OC(F)F. The van der Waals surface area contributed by atoms with Crippen molar-refractivity contribution in [3.05, 3.63) is 28.5 Å². The summed E-state index contributed by atoms with van der Waals surface area (Å²) in [5.41, 5.74) is -0.475. The largest absolute Gasteiger partial charge is 0.462 e. The summed E-state index contributed by atoms with van der Waals surface area (Å²) < 4.78 is 45.9. The molecule has 0 spiro atoms.